The molecule has 0 aliphatic carbocycles. The van der Waals surface area contributed by atoms with Crippen LogP contribution in [0, 0.1) is 0 Å². The third kappa shape index (κ3) is 3.59. The molecular weight excluding hydrogens is 324 g/mol. The van der Waals surface area contributed by atoms with Crippen molar-refractivity contribution in [1.29, 1.82) is 0 Å². The van der Waals surface area contributed by atoms with Crippen LogP contribution < -0.4 is 5.32 Å². The number of nitrogens with zero attached hydrogens (tertiary/aromatic N) is 3. The molecule has 0 unspecified atom stereocenters. The minimum atomic E-state index is 0.126. The molecule has 0 amide bonds. The Morgan fingerprint density at radius 3 is 2.65 bits per heavy atom. The number of carbonyl (C=O) groups excluding carboxylic acids is 1. The van der Waals surface area contributed by atoms with Gasteiger partial charge in [0.25, 0.3) is 0 Å². The Morgan fingerprint density at radius 1 is 1.08 bits per heavy atom. The lowest BCUT2D eigenvalue weighted by atomic mass is 10.1. The fraction of sp³-hybridized carbons (Fsp3) is 0.238. The summed E-state index contributed by atoms with van der Waals surface area (Å²) in [6.45, 7) is 4.21. The number of nitrogens with one attached hydrogen (secondary N) is 1. The standard InChI is InChI=1S/C21H22N4O/c26-18(16-24-14-11-22-12-15-24)9-10-19-20-8-4-5-13-25(20)23-21(19)17-6-2-1-3-7-17/h1-10,13,22H,11-12,14-16H2/b10-9+. The van der Waals surface area contributed by atoms with Crippen LogP contribution in [0.25, 0.3) is 22.9 Å². The van der Waals surface area contributed by atoms with Gasteiger partial charge < -0.3 is 5.32 Å². The molecule has 2 aromatic heterocycles. The van der Waals surface area contributed by atoms with Gasteiger partial charge in [0.05, 0.1) is 12.1 Å². The zero-order valence-electron chi connectivity index (χ0n) is 14.6. The van der Waals surface area contributed by atoms with Crippen LogP contribution in [-0.2, 0) is 4.79 Å². The third-order valence-corrected chi connectivity index (χ3v) is 4.65. The maximum atomic E-state index is 12.4. The number of pyridine rings is 1. The molecule has 1 N–H and O–H groups in total. The molecule has 0 spiro atoms. The molecule has 0 atom stereocenters. The minimum absolute atomic E-state index is 0.126. The number of rotatable bonds is 5. The van der Waals surface area contributed by atoms with Gasteiger partial charge in [0.2, 0.25) is 0 Å². The van der Waals surface area contributed by atoms with Crippen LogP contribution in [0.1, 0.15) is 5.56 Å². The van der Waals surface area contributed by atoms with E-state index in [1.807, 2.05) is 65.3 Å². The van der Waals surface area contributed by atoms with Gasteiger partial charge in [0.1, 0.15) is 5.69 Å². The van der Waals surface area contributed by atoms with Crippen LogP contribution in [0.15, 0.2) is 60.8 Å². The highest BCUT2D eigenvalue weighted by molar-refractivity contribution is 5.97. The summed E-state index contributed by atoms with van der Waals surface area (Å²) in [5, 5.41) is 8.02. The molecule has 26 heavy (non-hydrogen) atoms. The van der Waals surface area contributed by atoms with Gasteiger partial charge in [-0.2, -0.15) is 5.10 Å². The largest absolute Gasteiger partial charge is 0.314 e. The zero-order valence-corrected chi connectivity index (χ0v) is 14.6. The summed E-state index contributed by atoms with van der Waals surface area (Å²) in [5.41, 5.74) is 3.91. The van der Waals surface area contributed by atoms with Crippen molar-refractivity contribution in [2.45, 2.75) is 0 Å². The van der Waals surface area contributed by atoms with Gasteiger partial charge in [0.15, 0.2) is 5.78 Å². The van der Waals surface area contributed by atoms with E-state index in [1.54, 1.807) is 6.08 Å². The van der Waals surface area contributed by atoms with E-state index in [-0.39, 0.29) is 5.78 Å². The number of ketones is 1. The Labute approximate surface area is 152 Å². The fourth-order valence-corrected chi connectivity index (χ4v) is 3.31. The summed E-state index contributed by atoms with van der Waals surface area (Å²) in [6, 6.07) is 16.1. The van der Waals surface area contributed by atoms with Crippen LogP contribution >= 0.6 is 0 Å². The van der Waals surface area contributed by atoms with Crippen molar-refractivity contribution in [3.8, 4) is 11.3 Å². The lowest BCUT2D eigenvalue weighted by Gasteiger charge is -2.25. The molecule has 3 heterocycles. The highest BCUT2D eigenvalue weighted by Gasteiger charge is 2.14. The van der Waals surface area contributed by atoms with Crippen molar-refractivity contribution in [1.82, 2.24) is 19.8 Å². The number of hydrogen-bond acceptors (Lipinski definition) is 4. The third-order valence-electron chi connectivity index (χ3n) is 4.65. The maximum Gasteiger partial charge on any atom is 0.169 e. The average Bonchev–Trinajstić information content (AvgIpc) is 3.06. The first-order valence-corrected chi connectivity index (χ1v) is 8.98. The molecule has 1 aliphatic rings. The second kappa shape index (κ2) is 7.64. The molecular formula is C21H22N4O. The first kappa shape index (κ1) is 16.7. The minimum Gasteiger partial charge on any atom is -0.314 e. The first-order valence-electron chi connectivity index (χ1n) is 8.98. The molecule has 1 aromatic carbocycles. The highest BCUT2D eigenvalue weighted by Crippen LogP contribution is 2.27. The number of fused-ring (bicyclic) bond motifs is 1. The second-order valence-corrected chi connectivity index (χ2v) is 6.48. The van der Waals surface area contributed by atoms with Crippen LogP contribution in [0.2, 0.25) is 0 Å². The molecule has 1 fully saturated rings. The lowest BCUT2D eigenvalue weighted by molar-refractivity contribution is -0.115. The average molecular weight is 346 g/mol. The summed E-state index contributed by atoms with van der Waals surface area (Å²) in [6.07, 6.45) is 5.54. The van der Waals surface area contributed by atoms with E-state index in [2.05, 4.69) is 10.2 Å². The van der Waals surface area contributed by atoms with Crippen LogP contribution in [0.5, 0.6) is 0 Å². The van der Waals surface area contributed by atoms with Crippen LogP contribution in [-0.4, -0.2) is 53.0 Å². The van der Waals surface area contributed by atoms with Crippen molar-refractivity contribution in [3.05, 3.63) is 66.4 Å². The summed E-state index contributed by atoms with van der Waals surface area (Å²) < 4.78 is 1.86. The van der Waals surface area contributed by atoms with E-state index in [0.717, 1.165) is 48.5 Å². The zero-order chi connectivity index (χ0) is 17.8. The summed E-state index contributed by atoms with van der Waals surface area (Å²) in [7, 11) is 0. The van der Waals surface area contributed by atoms with E-state index in [0.29, 0.717) is 6.54 Å². The predicted octanol–water partition coefficient (Wildman–Crippen LogP) is 2.49. The van der Waals surface area contributed by atoms with E-state index in [9.17, 15) is 4.79 Å². The van der Waals surface area contributed by atoms with Gasteiger partial charge in [-0.05, 0) is 24.3 Å². The lowest BCUT2D eigenvalue weighted by Crippen LogP contribution is -2.45. The molecule has 3 aromatic rings. The maximum absolute atomic E-state index is 12.4. The van der Waals surface area contributed by atoms with Crippen molar-refractivity contribution < 1.29 is 4.79 Å². The molecule has 4 rings (SSSR count). The van der Waals surface area contributed by atoms with Gasteiger partial charge in [0, 0.05) is 43.5 Å². The Kier molecular flexibility index (Phi) is 4.91. The second-order valence-electron chi connectivity index (χ2n) is 6.48. The predicted molar refractivity (Wildman–Crippen MR) is 104 cm³/mol. The molecule has 0 saturated carbocycles. The van der Waals surface area contributed by atoms with Gasteiger partial charge in [-0.1, -0.05) is 36.4 Å². The first-order chi connectivity index (χ1) is 12.8. The molecule has 0 radical (unpaired) electrons. The number of benzene rings is 1. The quantitative estimate of drug-likeness (QED) is 0.721. The summed E-state index contributed by atoms with van der Waals surface area (Å²) in [4.78, 5) is 14.6. The van der Waals surface area contributed by atoms with Crippen molar-refractivity contribution in [2.24, 2.45) is 0 Å². The normalized spacial score (nSPS) is 15.7. The van der Waals surface area contributed by atoms with E-state index in [4.69, 9.17) is 5.10 Å². The highest BCUT2D eigenvalue weighted by atomic mass is 16.1. The van der Waals surface area contributed by atoms with E-state index in [1.165, 1.54) is 0 Å². The topological polar surface area (TPSA) is 49.6 Å². The van der Waals surface area contributed by atoms with Gasteiger partial charge in [-0.25, -0.2) is 4.52 Å². The Balaban J connectivity index is 1.63. The monoisotopic (exact) mass is 346 g/mol. The van der Waals surface area contributed by atoms with E-state index < -0.39 is 0 Å². The van der Waals surface area contributed by atoms with Crippen molar-refractivity contribution in [2.75, 3.05) is 32.7 Å². The van der Waals surface area contributed by atoms with Gasteiger partial charge in [-0.3, -0.25) is 9.69 Å². The Hall–Kier alpha value is -2.76. The summed E-state index contributed by atoms with van der Waals surface area (Å²) in [5.74, 6) is 0.126. The molecule has 1 saturated heterocycles. The molecule has 132 valence electrons. The smallest absolute Gasteiger partial charge is 0.169 e. The molecule has 1 aliphatic heterocycles. The molecule has 5 nitrogen and oxygen atoms in total. The molecule has 0 bridgehead atoms. The van der Waals surface area contributed by atoms with Crippen LogP contribution in [0.4, 0.5) is 0 Å². The van der Waals surface area contributed by atoms with E-state index >= 15 is 0 Å². The number of aromatic nitrogens is 2. The van der Waals surface area contributed by atoms with Crippen LogP contribution in [0.3, 0.4) is 0 Å². The van der Waals surface area contributed by atoms with Crippen molar-refractivity contribution >= 4 is 17.4 Å². The number of carbonyl (C=O) groups is 1. The number of piperazine rings is 1. The van der Waals surface area contributed by atoms with Gasteiger partial charge in [-0.15, -0.1) is 0 Å². The number of hydrogen-bond donors (Lipinski definition) is 1. The Morgan fingerprint density at radius 2 is 1.85 bits per heavy atom. The SMILES string of the molecule is O=C(/C=C/c1c(-c2ccccc2)nn2ccccc12)CN1CCNCC1. The molecule has 5 heteroatoms. The summed E-state index contributed by atoms with van der Waals surface area (Å²) >= 11 is 0. The van der Waals surface area contributed by atoms with Gasteiger partial charge >= 0.3 is 0 Å². The van der Waals surface area contributed by atoms with Crippen molar-refractivity contribution in [3.63, 3.8) is 0 Å². The Bertz CT molecular complexity index is 924. The fourth-order valence-electron chi connectivity index (χ4n) is 3.31.